The summed E-state index contributed by atoms with van der Waals surface area (Å²) in [4.78, 5) is 12.3. The van der Waals surface area contributed by atoms with Crippen molar-refractivity contribution in [1.29, 1.82) is 0 Å². The van der Waals surface area contributed by atoms with E-state index in [1.54, 1.807) is 0 Å². The number of carbonyl (C=O) groups is 1. The number of hydrogen-bond donors (Lipinski definition) is 1. The summed E-state index contributed by atoms with van der Waals surface area (Å²) in [6.45, 7) is 2.64. The Morgan fingerprint density at radius 3 is 3.00 bits per heavy atom. The van der Waals surface area contributed by atoms with Gasteiger partial charge < -0.3 is 14.6 Å². The molecule has 2 heterocycles. The van der Waals surface area contributed by atoms with Crippen LogP contribution in [0.25, 0.3) is 0 Å². The molecule has 6 heteroatoms. The molecule has 0 fully saturated rings. The second-order valence-electron chi connectivity index (χ2n) is 4.84. The lowest BCUT2D eigenvalue weighted by Crippen LogP contribution is -2.30. The van der Waals surface area contributed by atoms with E-state index in [0.717, 1.165) is 23.0 Å². The van der Waals surface area contributed by atoms with Crippen molar-refractivity contribution in [3.8, 4) is 5.75 Å². The summed E-state index contributed by atoms with van der Waals surface area (Å²) >= 11 is 0. The molecule has 0 bridgehead atoms. The van der Waals surface area contributed by atoms with Crippen LogP contribution in [0.4, 0.5) is 0 Å². The number of amides is 1. The molecule has 1 unspecified atom stereocenters. The predicted molar refractivity (Wildman–Crippen MR) is 72.3 cm³/mol. The van der Waals surface area contributed by atoms with Gasteiger partial charge in [-0.15, -0.1) is 10.2 Å². The molecule has 1 amide bonds. The van der Waals surface area contributed by atoms with Gasteiger partial charge in [-0.25, -0.2) is 0 Å². The predicted octanol–water partition coefficient (Wildman–Crippen LogP) is 0.916. The number of aryl methyl sites for hydroxylation is 1. The molecule has 0 aliphatic carbocycles. The van der Waals surface area contributed by atoms with Gasteiger partial charge in [-0.2, -0.15) is 0 Å². The first-order valence-electron chi connectivity index (χ1n) is 6.51. The Balaban J connectivity index is 1.68. The van der Waals surface area contributed by atoms with E-state index in [-0.39, 0.29) is 11.8 Å². The lowest BCUT2D eigenvalue weighted by Gasteiger charge is -2.10. The van der Waals surface area contributed by atoms with Crippen LogP contribution >= 0.6 is 0 Å². The number of nitrogens with one attached hydrogen (secondary N) is 1. The Hall–Kier alpha value is -2.37. The van der Waals surface area contributed by atoms with Crippen LogP contribution < -0.4 is 10.1 Å². The van der Waals surface area contributed by atoms with Gasteiger partial charge in [0.1, 0.15) is 24.1 Å². The SMILES string of the molecule is Cc1nnc(CNC(=O)C2COc3ccccc32)n1C. The molecule has 0 radical (unpaired) electrons. The van der Waals surface area contributed by atoms with Gasteiger partial charge in [0, 0.05) is 12.6 Å². The minimum Gasteiger partial charge on any atom is -0.492 e. The summed E-state index contributed by atoms with van der Waals surface area (Å²) < 4.78 is 7.38. The zero-order valence-corrected chi connectivity index (χ0v) is 11.5. The summed E-state index contributed by atoms with van der Waals surface area (Å²) in [7, 11) is 1.88. The van der Waals surface area contributed by atoms with E-state index in [1.165, 1.54) is 0 Å². The molecule has 6 nitrogen and oxygen atoms in total. The number of carbonyl (C=O) groups excluding carboxylic acids is 1. The summed E-state index contributed by atoms with van der Waals surface area (Å²) in [6, 6.07) is 7.63. The standard InChI is InChI=1S/C14H16N4O2/c1-9-16-17-13(18(9)2)7-15-14(19)11-8-20-12-6-4-3-5-10(11)12/h3-6,11H,7-8H2,1-2H3,(H,15,19). The molecule has 1 aromatic heterocycles. The van der Waals surface area contributed by atoms with Crippen molar-refractivity contribution in [2.45, 2.75) is 19.4 Å². The van der Waals surface area contributed by atoms with Gasteiger partial charge in [0.2, 0.25) is 5.91 Å². The summed E-state index contributed by atoms with van der Waals surface area (Å²) in [5.74, 6) is 2.06. The number of benzene rings is 1. The second-order valence-corrected chi connectivity index (χ2v) is 4.84. The molecule has 0 saturated heterocycles. The topological polar surface area (TPSA) is 69.0 Å². The third-order valence-corrected chi connectivity index (χ3v) is 3.62. The highest BCUT2D eigenvalue weighted by molar-refractivity contribution is 5.85. The van der Waals surface area contributed by atoms with Crippen molar-refractivity contribution in [3.05, 3.63) is 41.5 Å². The first-order valence-corrected chi connectivity index (χ1v) is 6.51. The fraction of sp³-hybridized carbons (Fsp3) is 0.357. The van der Waals surface area contributed by atoms with E-state index < -0.39 is 0 Å². The molecular weight excluding hydrogens is 256 g/mol. The number of ether oxygens (including phenoxy) is 1. The zero-order chi connectivity index (χ0) is 14.1. The smallest absolute Gasteiger partial charge is 0.231 e. The van der Waals surface area contributed by atoms with Gasteiger partial charge >= 0.3 is 0 Å². The third-order valence-electron chi connectivity index (χ3n) is 3.62. The van der Waals surface area contributed by atoms with Crippen LogP contribution in [0.1, 0.15) is 23.1 Å². The Bertz CT molecular complexity index is 650. The number of fused-ring (bicyclic) bond motifs is 1. The number of para-hydroxylation sites is 1. The first-order chi connectivity index (χ1) is 9.66. The van der Waals surface area contributed by atoms with Crippen LogP contribution in [-0.4, -0.2) is 27.3 Å². The van der Waals surface area contributed by atoms with Gasteiger partial charge in [0.15, 0.2) is 5.82 Å². The highest BCUT2D eigenvalue weighted by atomic mass is 16.5. The molecule has 3 rings (SSSR count). The van der Waals surface area contributed by atoms with Crippen molar-refractivity contribution >= 4 is 5.91 Å². The van der Waals surface area contributed by atoms with Crippen LogP contribution in [0.3, 0.4) is 0 Å². The van der Waals surface area contributed by atoms with Crippen molar-refractivity contribution in [3.63, 3.8) is 0 Å². The zero-order valence-electron chi connectivity index (χ0n) is 11.5. The Morgan fingerprint density at radius 1 is 1.45 bits per heavy atom. The number of rotatable bonds is 3. The van der Waals surface area contributed by atoms with E-state index in [1.807, 2.05) is 42.8 Å². The van der Waals surface area contributed by atoms with Crippen molar-refractivity contribution in [1.82, 2.24) is 20.1 Å². The van der Waals surface area contributed by atoms with Crippen LogP contribution in [-0.2, 0) is 18.4 Å². The molecule has 20 heavy (non-hydrogen) atoms. The maximum atomic E-state index is 12.3. The lowest BCUT2D eigenvalue weighted by atomic mass is 10.0. The van der Waals surface area contributed by atoms with E-state index >= 15 is 0 Å². The van der Waals surface area contributed by atoms with Gasteiger partial charge in [-0.05, 0) is 13.0 Å². The molecule has 1 aromatic carbocycles. The highest BCUT2D eigenvalue weighted by Crippen LogP contribution is 2.33. The fourth-order valence-electron chi connectivity index (χ4n) is 2.27. The summed E-state index contributed by atoms with van der Waals surface area (Å²) in [5.41, 5.74) is 0.944. The van der Waals surface area contributed by atoms with Crippen LogP contribution in [0.15, 0.2) is 24.3 Å². The summed E-state index contributed by atoms with van der Waals surface area (Å²) in [6.07, 6.45) is 0. The summed E-state index contributed by atoms with van der Waals surface area (Å²) in [5, 5.41) is 10.9. The van der Waals surface area contributed by atoms with Crippen LogP contribution in [0.5, 0.6) is 5.75 Å². The number of aromatic nitrogens is 3. The van der Waals surface area contributed by atoms with Crippen molar-refractivity contribution < 1.29 is 9.53 Å². The van der Waals surface area contributed by atoms with E-state index in [4.69, 9.17) is 4.74 Å². The normalized spacial score (nSPS) is 16.6. The fourth-order valence-corrected chi connectivity index (χ4v) is 2.27. The molecule has 1 aliphatic heterocycles. The largest absolute Gasteiger partial charge is 0.492 e. The molecule has 0 saturated carbocycles. The molecule has 1 N–H and O–H groups in total. The third kappa shape index (κ3) is 2.13. The van der Waals surface area contributed by atoms with Gasteiger partial charge in [0.05, 0.1) is 6.54 Å². The molecule has 104 valence electrons. The van der Waals surface area contributed by atoms with Gasteiger partial charge in [-0.1, -0.05) is 18.2 Å². The molecule has 1 aliphatic rings. The highest BCUT2D eigenvalue weighted by Gasteiger charge is 2.29. The average Bonchev–Trinajstić information content (AvgIpc) is 3.02. The Labute approximate surface area is 116 Å². The van der Waals surface area contributed by atoms with Gasteiger partial charge in [0.25, 0.3) is 0 Å². The van der Waals surface area contributed by atoms with Gasteiger partial charge in [-0.3, -0.25) is 4.79 Å². The average molecular weight is 272 g/mol. The second kappa shape index (κ2) is 4.96. The number of hydrogen-bond acceptors (Lipinski definition) is 4. The minimum absolute atomic E-state index is 0.0457. The molecule has 2 aromatic rings. The Kier molecular flexibility index (Phi) is 3.14. The first kappa shape index (κ1) is 12.7. The van der Waals surface area contributed by atoms with E-state index in [2.05, 4.69) is 15.5 Å². The maximum Gasteiger partial charge on any atom is 0.231 e. The Morgan fingerprint density at radius 2 is 2.25 bits per heavy atom. The van der Waals surface area contributed by atoms with Crippen LogP contribution in [0, 0.1) is 6.92 Å². The molecule has 1 atom stereocenters. The quantitative estimate of drug-likeness (QED) is 0.902. The maximum absolute atomic E-state index is 12.3. The van der Waals surface area contributed by atoms with Crippen molar-refractivity contribution in [2.75, 3.05) is 6.61 Å². The van der Waals surface area contributed by atoms with E-state index in [9.17, 15) is 4.79 Å². The van der Waals surface area contributed by atoms with Crippen LogP contribution in [0.2, 0.25) is 0 Å². The number of nitrogens with zero attached hydrogens (tertiary/aromatic N) is 3. The van der Waals surface area contributed by atoms with E-state index in [0.29, 0.717) is 13.2 Å². The minimum atomic E-state index is -0.250. The molecular formula is C14H16N4O2. The lowest BCUT2D eigenvalue weighted by molar-refractivity contribution is -0.122. The monoisotopic (exact) mass is 272 g/mol. The molecule has 0 spiro atoms. The van der Waals surface area contributed by atoms with Crippen molar-refractivity contribution in [2.24, 2.45) is 7.05 Å².